The minimum Gasteiger partial charge on any atom is -0.478 e. The van der Waals surface area contributed by atoms with Crippen LogP contribution in [-0.2, 0) is 6.54 Å². The van der Waals surface area contributed by atoms with E-state index in [4.69, 9.17) is 10.8 Å². The summed E-state index contributed by atoms with van der Waals surface area (Å²) in [7, 11) is 0. The average molecular weight is 275 g/mol. The van der Waals surface area contributed by atoms with E-state index in [9.17, 15) is 9.59 Å². The summed E-state index contributed by atoms with van der Waals surface area (Å²) in [6.45, 7) is 0.884. The van der Waals surface area contributed by atoms with E-state index < -0.39 is 11.9 Å². The number of anilines is 1. The molecule has 0 atom stereocenters. The van der Waals surface area contributed by atoms with E-state index in [0.717, 1.165) is 0 Å². The highest BCUT2D eigenvalue weighted by Crippen LogP contribution is 2.10. The van der Waals surface area contributed by atoms with Crippen LogP contribution in [0, 0.1) is 0 Å². The third kappa shape index (κ3) is 3.18. The molecule has 1 heterocycles. The Kier molecular flexibility index (Phi) is 4.06. The molecule has 0 spiro atoms. The maximum Gasteiger partial charge on any atom is 0.335 e. The van der Waals surface area contributed by atoms with Crippen molar-refractivity contribution in [1.29, 1.82) is 0 Å². The summed E-state index contributed by atoms with van der Waals surface area (Å²) in [5.41, 5.74) is 6.17. The fourth-order valence-corrected chi connectivity index (χ4v) is 1.54. The smallest absolute Gasteiger partial charge is 0.335 e. The largest absolute Gasteiger partial charge is 0.478 e. The molecular formula is C12H13N5O3. The molecule has 1 amide bonds. The van der Waals surface area contributed by atoms with Gasteiger partial charge in [0.15, 0.2) is 5.69 Å². The molecule has 8 nitrogen and oxygen atoms in total. The Hall–Kier alpha value is -2.74. The molecule has 0 unspecified atom stereocenters. The topological polar surface area (TPSA) is 123 Å². The number of benzene rings is 1. The van der Waals surface area contributed by atoms with Gasteiger partial charge >= 0.3 is 5.97 Å². The van der Waals surface area contributed by atoms with Crippen LogP contribution in [0.4, 0.5) is 5.69 Å². The molecule has 0 aliphatic rings. The standard InChI is InChI=1S/C12H13N5O3/c13-5-6-17-7-10(15-16-17)11(18)14-9-3-1-8(2-4-9)12(19)20/h1-4,7H,5-6,13H2,(H,14,18)(H,19,20). The number of rotatable bonds is 5. The first-order valence-electron chi connectivity index (χ1n) is 5.85. The molecule has 0 aliphatic heterocycles. The van der Waals surface area contributed by atoms with Gasteiger partial charge in [-0.2, -0.15) is 0 Å². The summed E-state index contributed by atoms with van der Waals surface area (Å²) < 4.78 is 1.47. The molecule has 0 radical (unpaired) electrons. The van der Waals surface area contributed by atoms with Gasteiger partial charge in [-0.25, -0.2) is 4.79 Å². The maximum atomic E-state index is 11.9. The molecule has 4 N–H and O–H groups in total. The van der Waals surface area contributed by atoms with E-state index >= 15 is 0 Å². The lowest BCUT2D eigenvalue weighted by molar-refractivity contribution is 0.0696. The van der Waals surface area contributed by atoms with Gasteiger partial charge in [-0.3, -0.25) is 9.48 Å². The molecular weight excluding hydrogens is 262 g/mol. The molecule has 1 aromatic heterocycles. The number of aromatic carboxylic acids is 1. The predicted molar refractivity (Wildman–Crippen MR) is 70.4 cm³/mol. The third-order valence-electron chi connectivity index (χ3n) is 2.52. The van der Waals surface area contributed by atoms with Crippen LogP contribution in [0.1, 0.15) is 20.8 Å². The Labute approximate surface area is 114 Å². The molecule has 0 saturated heterocycles. The highest BCUT2D eigenvalue weighted by atomic mass is 16.4. The van der Waals surface area contributed by atoms with Crippen molar-refractivity contribution in [3.63, 3.8) is 0 Å². The van der Waals surface area contributed by atoms with Crippen LogP contribution in [-0.4, -0.2) is 38.5 Å². The van der Waals surface area contributed by atoms with Crippen LogP contribution in [0.5, 0.6) is 0 Å². The summed E-state index contributed by atoms with van der Waals surface area (Å²) in [6, 6.07) is 5.82. The molecule has 8 heteroatoms. The Morgan fingerprint density at radius 3 is 2.60 bits per heavy atom. The van der Waals surface area contributed by atoms with E-state index in [1.807, 2.05) is 0 Å². The van der Waals surface area contributed by atoms with Crippen molar-refractivity contribution in [2.45, 2.75) is 6.54 Å². The normalized spacial score (nSPS) is 10.2. The zero-order valence-electron chi connectivity index (χ0n) is 10.5. The summed E-state index contributed by atoms with van der Waals surface area (Å²) in [6.07, 6.45) is 1.49. The van der Waals surface area contributed by atoms with Gasteiger partial charge in [-0.15, -0.1) is 5.10 Å². The SMILES string of the molecule is NCCn1cc(C(=O)Nc2ccc(C(=O)O)cc2)nn1. The second-order valence-corrected chi connectivity index (χ2v) is 3.99. The van der Waals surface area contributed by atoms with E-state index in [1.165, 1.54) is 35.1 Å². The van der Waals surface area contributed by atoms with Gasteiger partial charge in [0.1, 0.15) is 0 Å². The number of carbonyl (C=O) groups is 2. The van der Waals surface area contributed by atoms with Crippen molar-refractivity contribution in [2.75, 3.05) is 11.9 Å². The van der Waals surface area contributed by atoms with Crippen molar-refractivity contribution >= 4 is 17.6 Å². The van der Waals surface area contributed by atoms with E-state index in [2.05, 4.69) is 15.6 Å². The van der Waals surface area contributed by atoms with E-state index in [-0.39, 0.29) is 11.3 Å². The van der Waals surface area contributed by atoms with Gasteiger partial charge in [0.05, 0.1) is 18.3 Å². The average Bonchev–Trinajstić information content (AvgIpc) is 2.88. The molecule has 0 aliphatic carbocycles. The fourth-order valence-electron chi connectivity index (χ4n) is 1.54. The molecule has 0 bridgehead atoms. The lowest BCUT2D eigenvalue weighted by Crippen LogP contribution is -2.13. The molecule has 0 saturated carbocycles. The zero-order chi connectivity index (χ0) is 14.5. The fraction of sp³-hybridized carbons (Fsp3) is 0.167. The summed E-state index contributed by atoms with van der Waals surface area (Å²) >= 11 is 0. The second-order valence-electron chi connectivity index (χ2n) is 3.99. The quantitative estimate of drug-likeness (QED) is 0.715. The first-order chi connectivity index (χ1) is 9.60. The van der Waals surface area contributed by atoms with Crippen LogP contribution >= 0.6 is 0 Å². The van der Waals surface area contributed by atoms with Crippen molar-refractivity contribution in [2.24, 2.45) is 5.73 Å². The number of nitrogens with two attached hydrogens (primary N) is 1. The van der Waals surface area contributed by atoms with Gasteiger partial charge in [-0.1, -0.05) is 5.21 Å². The van der Waals surface area contributed by atoms with Gasteiger partial charge in [0.2, 0.25) is 0 Å². The number of amides is 1. The number of hydrogen-bond donors (Lipinski definition) is 3. The van der Waals surface area contributed by atoms with Crippen LogP contribution in [0.25, 0.3) is 0 Å². The van der Waals surface area contributed by atoms with Crippen LogP contribution in [0.3, 0.4) is 0 Å². The first-order valence-corrected chi connectivity index (χ1v) is 5.85. The molecule has 20 heavy (non-hydrogen) atoms. The number of hydrogen-bond acceptors (Lipinski definition) is 5. The monoisotopic (exact) mass is 275 g/mol. The number of carboxylic acids is 1. The van der Waals surface area contributed by atoms with Gasteiger partial charge in [0, 0.05) is 12.2 Å². The number of nitrogens with one attached hydrogen (secondary N) is 1. The Morgan fingerprint density at radius 2 is 2.00 bits per heavy atom. The summed E-state index contributed by atoms with van der Waals surface area (Å²) in [5, 5.41) is 18.9. The van der Waals surface area contributed by atoms with Crippen molar-refractivity contribution < 1.29 is 14.7 Å². The van der Waals surface area contributed by atoms with E-state index in [0.29, 0.717) is 18.8 Å². The Morgan fingerprint density at radius 1 is 1.30 bits per heavy atom. The number of carboxylic acid groups (broad SMARTS) is 1. The molecule has 2 aromatic rings. The van der Waals surface area contributed by atoms with Crippen molar-refractivity contribution in [3.8, 4) is 0 Å². The van der Waals surface area contributed by atoms with Crippen LogP contribution < -0.4 is 11.1 Å². The second kappa shape index (κ2) is 5.93. The molecule has 104 valence electrons. The highest BCUT2D eigenvalue weighted by molar-refractivity contribution is 6.02. The lowest BCUT2D eigenvalue weighted by Gasteiger charge is -2.02. The van der Waals surface area contributed by atoms with Crippen LogP contribution in [0.15, 0.2) is 30.5 Å². The van der Waals surface area contributed by atoms with Gasteiger partial charge in [-0.05, 0) is 24.3 Å². The maximum absolute atomic E-state index is 11.9. The summed E-state index contributed by atoms with van der Waals surface area (Å²) in [5.74, 6) is -1.44. The minimum absolute atomic E-state index is 0.150. The molecule has 1 aromatic carbocycles. The Balaban J connectivity index is 2.04. The van der Waals surface area contributed by atoms with Crippen molar-refractivity contribution in [1.82, 2.24) is 15.0 Å². The van der Waals surface area contributed by atoms with Crippen molar-refractivity contribution in [3.05, 3.63) is 41.7 Å². The summed E-state index contributed by atoms with van der Waals surface area (Å²) in [4.78, 5) is 22.6. The highest BCUT2D eigenvalue weighted by Gasteiger charge is 2.11. The Bertz CT molecular complexity index is 620. The number of carbonyl (C=O) groups excluding carboxylic acids is 1. The van der Waals surface area contributed by atoms with Gasteiger partial charge in [0.25, 0.3) is 5.91 Å². The molecule has 2 rings (SSSR count). The van der Waals surface area contributed by atoms with E-state index in [1.54, 1.807) is 0 Å². The van der Waals surface area contributed by atoms with Gasteiger partial charge < -0.3 is 16.2 Å². The first kappa shape index (κ1) is 13.7. The molecule has 0 fully saturated rings. The van der Waals surface area contributed by atoms with Crippen LogP contribution in [0.2, 0.25) is 0 Å². The number of nitrogens with zero attached hydrogens (tertiary/aromatic N) is 3. The third-order valence-corrected chi connectivity index (χ3v) is 2.52. The number of aromatic nitrogens is 3. The minimum atomic E-state index is -1.02. The zero-order valence-corrected chi connectivity index (χ0v) is 10.5. The lowest BCUT2D eigenvalue weighted by atomic mass is 10.2. The predicted octanol–water partition coefficient (Wildman–Crippen LogP) is 0.187.